The Kier molecular flexibility index (Phi) is 5.18. The van der Waals surface area contributed by atoms with Gasteiger partial charge >= 0.3 is 5.69 Å². The molecule has 0 unspecified atom stereocenters. The smallest absolute Gasteiger partial charge is 0.368 e. The third-order valence-electron chi connectivity index (χ3n) is 5.06. The summed E-state index contributed by atoms with van der Waals surface area (Å²) in [6.45, 7) is 6.40. The van der Waals surface area contributed by atoms with Crippen molar-refractivity contribution in [3.63, 3.8) is 0 Å². The van der Waals surface area contributed by atoms with E-state index in [2.05, 4.69) is 46.6 Å². The van der Waals surface area contributed by atoms with Crippen molar-refractivity contribution in [2.45, 2.75) is 27.4 Å². The minimum atomic E-state index is -0.323. The van der Waals surface area contributed by atoms with Crippen molar-refractivity contribution in [2.75, 3.05) is 0 Å². The standard InChI is InChI=1S/C23H23N5O2/c1-15-8-11-20(24-13-15)18-9-10-19(17(3)12-18)14-30-22-16(2)6-5-7-21(22)28-23(29)27(4)25-26-28/h5-13H,14H2,1-4H3. The molecule has 30 heavy (non-hydrogen) atoms. The number of aromatic nitrogens is 5. The number of nitrogens with zero attached hydrogens (tertiary/aromatic N) is 5. The number of pyridine rings is 1. The molecule has 4 aromatic rings. The Morgan fingerprint density at radius 3 is 2.47 bits per heavy atom. The first kappa shape index (κ1) is 19.6. The van der Waals surface area contributed by atoms with Crippen molar-refractivity contribution in [1.29, 1.82) is 0 Å². The molecule has 7 heteroatoms. The second-order valence-corrected chi connectivity index (χ2v) is 7.37. The summed E-state index contributed by atoms with van der Waals surface area (Å²) in [5, 5.41) is 7.74. The summed E-state index contributed by atoms with van der Waals surface area (Å²) in [5.41, 5.74) is 6.49. The highest BCUT2D eigenvalue weighted by molar-refractivity contribution is 5.61. The lowest BCUT2D eigenvalue weighted by molar-refractivity contribution is 0.301. The number of hydrogen-bond donors (Lipinski definition) is 0. The average Bonchev–Trinajstić information content (AvgIpc) is 3.07. The number of tetrazole rings is 1. The average molecular weight is 401 g/mol. The lowest BCUT2D eigenvalue weighted by Crippen LogP contribution is -2.22. The predicted molar refractivity (Wildman–Crippen MR) is 115 cm³/mol. The van der Waals surface area contributed by atoms with Crippen LogP contribution >= 0.6 is 0 Å². The van der Waals surface area contributed by atoms with Gasteiger partial charge in [-0.25, -0.2) is 4.79 Å². The van der Waals surface area contributed by atoms with E-state index in [1.165, 1.54) is 9.36 Å². The van der Waals surface area contributed by atoms with Crippen LogP contribution in [-0.4, -0.2) is 24.8 Å². The van der Waals surface area contributed by atoms with E-state index < -0.39 is 0 Å². The second-order valence-electron chi connectivity index (χ2n) is 7.37. The van der Waals surface area contributed by atoms with Crippen LogP contribution in [-0.2, 0) is 13.7 Å². The predicted octanol–water partition coefficient (Wildman–Crippen LogP) is 3.53. The normalized spacial score (nSPS) is 10.9. The molecule has 152 valence electrons. The molecular weight excluding hydrogens is 378 g/mol. The monoisotopic (exact) mass is 401 g/mol. The first-order chi connectivity index (χ1) is 14.4. The summed E-state index contributed by atoms with van der Waals surface area (Å²) in [7, 11) is 1.57. The Morgan fingerprint density at radius 1 is 0.967 bits per heavy atom. The first-order valence-corrected chi connectivity index (χ1v) is 9.68. The van der Waals surface area contributed by atoms with Crippen molar-refractivity contribution in [2.24, 2.45) is 7.05 Å². The number of rotatable bonds is 5. The molecule has 0 aliphatic rings. The fourth-order valence-electron chi connectivity index (χ4n) is 3.26. The van der Waals surface area contributed by atoms with Gasteiger partial charge < -0.3 is 4.74 Å². The van der Waals surface area contributed by atoms with Crippen molar-refractivity contribution >= 4 is 0 Å². The van der Waals surface area contributed by atoms with Gasteiger partial charge in [0.1, 0.15) is 18.0 Å². The summed E-state index contributed by atoms with van der Waals surface area (Å²) in [6, 6.07) is 15.9. The summed E-state index contributed by atoms with van der Waals surface area (Å²) in [5.74, 6) is 0.615. The van der Waals surface area contributed by atoms with Crippen LogP contribution in [0.2, 0.25) is 0 Å². The minimum Gasteiger partial charge on any atom is -0.486 e. The molecule has 2 aromatic heterocycles. The highest BCUT2D eigenvalue weighted by Gasteiger charge is 2.15. The second kappa shape index (κ2) is 7.94. The minimum absolute atomic E-state index is 0.323. The Hall–Kier alpha value is -3.74. The van der Waals surface area contributed by atoms with Crippen LogP contribution in [0, 0.1) is 20.8 Å². The Morgan fingerprint density at radius 2 is 1.80 bits per heavy atom. The molecule has 0 radical (unpaired) electrons. The molecule has 7 nitrogen and oxygen atoms in total. The number of aryl methyl sites for hydroxylation is 4. The van der Waals surface area contributed by atoms with Gasteiger partial charge in [-0.3, -0.25) is 4.98 Å². The van der Waals surface area contributed by atoms with Crippen molar-refractivity contribution in [3.05, 3.63) is 87.5 Å². The zero-order valence-corrected chi connectivity index (χ0v) is 17.5. The Balaban J connectivity index is 1.60. The first-order valence-electron chi connectivity index (χ1n) is 9.68. The van der Waals surface area contributed by atoms with Gasteiger partial charge in [-0.1, -0.05) is 30.3 Å². The van der Waals surface area contributed by atoms with Gasteiger partial charge in [-0.05, 0) is 71.7 Å². The highest BCUT2D eigenvalue weighted by Crippen LogP contribution is 2.28. The molecule has 0 N–H and O–H groups in total. The fraction of sp³-hybridized carbons (Fsp3) is 0.217. The molecule has 4 rings (SSSR count). The molecule has 0 saturated heterocycles. The lowest BCUT2D eigenvalue weighted by atomic mass is 10.0. The SMILES string of the molecule is Cc1ccc(-c2ccc(COc3c(C)cccc3-n3nnn(C)c3=O)c(C)c2)nc1. The van der Waals surface area contributed by atoms with E-state index >= 15 is 0 Å². The maximum absolute atomic E-state index is 12.3. The molecule has 0 bridgehead atoms. The van der Waals surface area contributed by atoms with Gasteiger partial charge in [-0.2, -0.15) is 9.36 Å². The number of para-hydroxylation sites is 1. The van der Waals surface area contributed by atoms with Gasteiger partial charge in [0.2, 0.25) is 0 Å². The lowest BCUT2D eigenvalue weighted by Gasteiger charge is -2.15. The summed E-state index contributed by atoms with van der Waals surface area (Å²) >= 11 is 0. The molecule has 0 spiro atoms. The molecule has 0 atom stereocenters. The van der Waals surface area contributed by atoms with Crippen molar-refractivity contribution in [3.8, 4) is 22.7 Å². The van der Waals surface area contributed by atoms with E-state index in [4.69, 9.17) is 4.74 Å². The zero-order valence-electron chi connectivity index (χ0n) is 17.5. The van der Waals surface area contributed by atoms with E-state index in [0.29, 0.717) is 18.0 Å². The molecule has 0 fully saturated rings. The van der Waals surface area contributed by atoms with E-state index in [1.54, 1.807) is 13.1 Å². The van der Waals surface area contributed by atoms with Crippen LogP contribution in [0.25, 0.3) is 16.9 Å². The molecule has 2 heterocycles. The van der Waals surface area contributed by atoms with Crippen LogP contribution in [0.1, 0.15) is 22.3 Å². The quantitative estimate of drug-likeness (QED) is 0.511. The fourth-order valence-corrected chi connectivity index (χ4v) is 3.26. The van der Waals surface area contributed by atoms with Crippen LogP contribution in [0.4, 0.5) is 0 Å². The molecule has 0 amide bonds. The van der Waals surface area contributed by atoms with Gasteiger partial charge in [0.15, 0.2) is 0 Å². The maximum atomic E-state index is 12.3. The highest BCUT2D eigenvalue weighted by atomic mass is 16.5. The number of ether oxygens (including phenoxy) is 1. The molecule has 0 aliphatic carbocycles. The zero-order chi connectivity index (χ0) is 21.3. The van der Waals surface area contributed by atoms with Crippen molar-refractivity contribution < 1.29 is 4.74 Å². The third-order valence-corrected chi connectivity index (χ3v) is 5.06. The van der Waals surface area contributed by atoms with E-state index in [0.717, 1.165) is 33.5 Å². The van der Waals surface area contributed by atoms with E-state index in [1.807, 2.05) is 38.2 Å². The summed E-state index contributed by atoms with van der Waals surface area (Å²) in [4.78, 5) is 16.8. The van der Waals surface area contributed by atoms with E-state index in [-0.39, 0.29) is 5.69 Å². The summed E-state index contributed by atoms with van der Waals surface area (Å²) in [6.07, 6.45) is 1.87. The van der Waals surface area contributed by atoms with Crippen molar-refractivity contribution in [1.82, 2.24) is 24.8 Å². The molecule has 2 aromatic carbocycles. The van der Waals surface area contributed by atoms with Crippen LogP contribution in [0.5, 0.6) is 5.75 Å². The maximum Gasteiger partial charge on any atom is 0.368 e. The molecule has 0 aliphatic heterocycles. The van der Waals surface area contributed by atoms with Gasteiger partial charge in [0.25, 0.3) is 0 Å². The van der Waals surface area contributed by atoms with E-state index in [9.17, 15) is 4.79 Å². The number of benzene rings is 2. The third kappa shape index (κ3) is 3.74. The van der Waals surface area contributed by atoms with Crippen LogP contribution < -0.4 is 10.4 Å². The largest absolute Gasteiger partial charge is 0.486 e. The topological polar surface area (TPSA) is 74.8 Å². The molecule has 0 saturated carbocycles. The Labute approximate surface area is 174 Å². The van der Waals surface area contributed by atoms with Crippen LogP contribution in [0.15, 0.2) is 59.5 Å². The van der Waals surface area contributed by atoms with Gasteiger partial charge in [0, 0.05) is 18.8 Å². The molecular formula is C23H23N5O2. The summed E-state index contributed by atoms with van der Waals surface area (Å²) < 4.78 is 8.60. The Bertz CT molecular complexity index is 1260. The van der Waals surface area contributed by atoms with Crippen LogP contribution in [0.3, 0.4) is 0 Å². The van der Waals surface area contributed by atoms with Gasteiger partial charge in [-0.15, -0.1) is 0 Å². The number of hydrogen-bond acceptors (Lipinski definition) is 5. The van der Waals surface area contributed by atoms with Gasteiger partial charge in [0.05, 0.1) is 5.69 Å².